The predicted molar refractivity (Wildman–Crippen MR) is 122 cm³/mol. The molecule has 0 aliphatic heterocycles. The van der Waals surface area contributed by atoms with Gasteiger partial charge in [0.1, 0.15) is 0 Å². The fourth-order valence-electron chi connectivity index (χ4n) is 3.84. The summed E-state index contributed by atoms with van der Waals surface area (Å²) in [7, 11) is 0. The normalized spacial score (nSPS) is 11.8. The molecule has 0 radical (unpaired) electrons. The summed E-state index contributed by atoms with van der Waals surface area (Å²) in [5, 5.41) is 0. The van der Waals surface area contributed by atoms with Gasteiger partial charge in [0.15, 0.2) is 0 Å². The Hall–Kier alpha value is -2.67. The maximum atomic E-state index is 5.17. The third-order valence-electron chi connectivity index (χ3n) is 5.51. The molecule has 28 heavy (non-hydrogen) atoms. The second kappa shape index (κ2) is 10.0. The first-order chi connectivity index (χ1) is 13.7. The fourth-order valence-corrected chi connectivity index (χ4v) is 3.84. The molecule has 3 aromatic carbocycles. The third kappa shape index (κ3) is 4.78. The van der Waals surface area contributed by atoms with Gasteiger partial charge < -0.3 is 0 Å². The quantitative estimate of drug-likeness (QED) is 0.358. The summed E-state index contributed by atoms with van der Waals surface area (Å²) in [5.41, 5.74) is 7.18. The molecule has 1 nitrogen and oxygen atoms in total. The van der Waals surface area contributed by atoms with Crippen molar-refractivity contribution < 1.29 is 0 Å². The molecular formula is C27H31N. The zero-order valence-corrected chi connectivity index (χ0v) is 17.4. The number of rotatable bonds is 8. The Balaban J connectivity index is 2.07. The number of unbranched alkanes of at least 4 members (excludes halogenated alkanes) is 1. The Morgan fingerprint density at radius 3 is 1.93 bits per heavy atom. The minimum atomic E-state index is 0.618. The Morgan fingerprint density at radius 2 is 1.39 bits per heavy atom. The van der Waals surface area contributed by atoms with E-state index in [4.69, 9.17) is 4.99 Å². The summed E-state index contributed by atoms with van der Waals surface area (Å²) in [6, 6.07) is 27.6. The summed E-state index contributed by atoms with van der Waals surface area (Å²) in [6.45, 7) is 6.80. The van der Waals surface area contributed by atoms with Crippen molar-refractivity contribution in [2.75, 3.05) is 0 Å². The molecule has 0 aliphatic carbocycles. The van der Waals surface area contributed by atoms with Crippen molar-refractivity contribution in [3.8, 4) is 0 Å². The van der Waals surface area contributed by atoms with Crippen molar-refractivity contribution in [2.24, 2.45) is 4.99 Å². The zero-order chi connectivity index (χ0) is 19.8. The molecule has 3 rings (SSSR count). The highest BCUT2D eigenvalue weighted by molar-refractivity contribution is 6.14. The van der Waals surface area contributed by atoms with Crippen LogP contribution in [0.5, 0.6) is 0 Å². The van der Waals surface area contributed by atoms with Gasteiger partial charge in [0.25, 0.3) is 0 Å². The lowest BCUT2D eigenvalue weighted by Gasteiger charge is -2.19. The Kier molecular flexibility index (Phi) is 7.19. The molecule has 0 saturated heterocycles. The van der Waals surface area contributed by atoms with Crippen LogP contribution in [0.25, 0.3) is 0 Å². The van der Waals surface area contributed by atoms with E-state index in [1.54, 1.807) is 0 Å². The van der Waals surface area contributed by atoms with Gasteiger partial charge in [0.05, 0.1) is 11.4 Å². The molecule has 0 bridgehead atoms. The van der Waals surface area contributed by atoms with E-state index in [1.807, 2.05) is 0 Å². The molecule has 0 fully saturated rings. The smallest absolute Gasteiger partial charge is 0.0781 e. The zero-order valence-electron chi connectivity index (χ0n) is 17.4. The van der Waals surface area contributed by atoms with Crippen LogP contribution in [-0.4, -0.2) is 5.71 Å². The Morgan fingerprint density at radius 1 is 0.786 bits per heavy atom. The van der Waals surface area contributed by atoms with E-state index in [0.29, 0.717) is 5.92 Å². The van der Waals surface area contributed by atoms with Gasteiger partial charge in [-0.15, -0.1) is 0 Å². The van der Waals surface area contributed by atoms with Crippen LogP contribution >= 0.6 is 0 Å². The van der Waals surface area contributed by atoms with Crippen molar-refractivity contribution in [1.82, 2.24) is 0 Å². The van der Waals surface area contributed by atoms with Crippen molar-refractivity contribution in [3.05, 3.63) is 101 Å². The molecule has 0 spiro atoms. The van der Waals surface area contributed by atoms with E-state index in [-0.39, 0.29) is 0 Å². The molecular weight excluding hydrogens is 338 g/mol. The monoisotopic (exact) mass is 369 g/mol. The number of benzene rings is 3. The SMILES string of the molecule is CCCC[C@@H](CC)c1cccc(N=C(c2ccccc2)c2ccccc2)c1C. The topological polar surface area (TPSA) is 12.4 Å². The van der Waals surface area contributed by atoms with Crippen LogP contribution < -0.4 is 0 Å². The van der Waals surface area contributed by atoms with Crippen LogP contribution in [0.15, 0.2) is 83.9 Å². The summed E-state index contributed by atoms with van der Waals surface area (Å²) in [6.07, 6.45) is 4.97. The molecule has 0 aliphatic rings. The second-order valence-corrected chi connectivity index (χ2v) is 7.43. The van der Waals surface area contributed by atoms with Gasteiger partial charge in [-0.25, -0.2) is 4.99 Å². The molecule has 144 valence electrons. The highest BCUT2D eigenvalue weighted by Crippen LogP contribution is 2.33. The average Bonchev–Trinajstić information content (AvgIpc) is 2.75. The standard InChI is InChI=1S/C27H31N/c1-4-6-14-22(5-2)25-19-13-20-26(21(25)3)28-27(23-15-9-7-10-16-23)24-17-11-8-12-18-24/h7-13,15-20,22H,4-6,14H2,1-3H3/t22-/m1/s1. The summed E-state index contributed by atoms with van der Waals surface area (Å²) >= 11 is 0. The predicted octanol–water partition coefficient (Wildman–Crippen LogP) is 7.85. The number of hydrogen-bond donors (Lipinski definition) is 0. The second-order valence-electron chi connectivity index (χ2n) is 7.43. The lowest BCUT2D eigenvalue weighted by molar-refractivity contribution is 0.567. The third-order valence-corrected chi connectivity index (χ3v) is 5.51. The maximum Gasteiger partial charge on any atom is 0.0781 e. The highest BCUT2D eigenvalue weighted by atomic mass is 14.8. The van der Waals surface area contributed by atoms with Crippen LogP contribution in [0.1, 0.15) is 67.7 Å². The Labute approximate surface area is 170 Å². The lowest BCUT2D eigenvalue weighted by Crippen LogP contribution is -2.04. The van der Waals surface area contributed by atoms with Crippen LogP contribution in [0.2, 0.25) is 0 Å². The number of nitrogens with zero attached hydrogens (tertiary/aromatic N) is 1. The number of hydrogen-bond acceptors (Lipinski definition) is 1. The van der Waals surface area contributed by atoms with Crippen LogP contribution in [0, 0.1) is 6.92 Å². The van der Waals surface area contributed by atoms with Gasteiger partial charge in [0, 0.05) is 11.1 Å². The molecule has 0 unspecified atom stereocenters. The van der Waals surface area contributed by atoms with E-state index in [0.717, 1.165) is 22.5 Å². The van der Waals surface area contributed by atoms with Gasteiger partial charge in [-0.05, 0) is 42.9 Å². The Bertz CT molecular complexity index is 853. The van der Waals surface area contributed by atoms with Crippen LogP contribution in [0.3, 0.4) is 0 Å². The lowest BCUT2D eigenvalue weighted by atomic mass is 9.88. The maximum absolute atomic E-state index is 5.17. The van der Waals surface area contributed by atoms with Crippen molar-refractivity contribution in [1.29, 1.82) is 0 Å². The molecule has 0 saturated carbocycles. The molecule has 1 atom stereocenters. The van der Waals surface area contributed by atoms with Gasteiger partial charge in [-0.3, -0.25) is 0 Å². The van der Waals surface area contributed by atoms with E-state index in [1.165, 1.54) is 36.8 Å². The molecule has 1 heteroatoms. The van der Waals surface area contributed by atoms with E-state index in [9.17, 15) is 0 Å². The van der Waals surface area contributed by atoms with Crippen molar-refractivity contribution in [3.63, 3.8) is 0 Å². The first-order valence-electron chi connectivity index (χ1n) is 10.5. The van der Waals surface area contributed by atoms with E-state index in [2.05, 4.69) is 99.6 Å². The first kappa shape index (κ1) is 20.1. The van der Waals surface area contributed by atoms with Crippen molar-refractivity contribution >= 4 is 11.4 Å². The summed E-state index contributed by atoms with van der Waals surface area (Å²) < 4.78 is 0. The fraction of sp³-hybridized carbons (Fsp3) is 0.296. The summed E-state index contributed by atoms with van der Waals surface area (Å²) in [4.78, 5) is 5.17. The highest BCUT2D eigenvalue weighted by Gasteiger charge is 2.14. The van der Waals surface area contributed by atoms with Gasteiger partial charge in [-0.2, -0.15) is 0 Å². The minimum absolute atomic E-state index is 0.618. The molecule has 3 aromatic rings. The minimum Gasteiger partial charge on any atom is -0.248 e. The number of aliphatic imine (C=N–C) groups is 1. The van der Waals surface area contributed by atoms with Gasteiger partial charge in [0.2, 0.25) is 0 Å². The largest absolute Gasteiger partial charge is 0.248 e. The first-order valence-corrected chi connectivity index (χ1v) is 10.5. The molecule has 0 aromatic heterocycles. The van der Waals surface area contributed by atoms with Crippen LogP contribution in [-0.2, 0) is 0 Å². The molecule has 0 amide bonds. The van der Waals surface area contributed by atoms with Crippen molar-refractivity contribution in [2.45, 2.75) is 52.4 Å². The van der Waals surface area contributed by atoms with Crippen LogP contribution in [0.4, 0.5) is 5.69 Å². The molecule has 0 heterocycles. The average molecular weight is 370 g/mol. The summed E-state index contributed by atoms with van der Waals surface area (Å²) in [5.74, 6) is 0.618. The molecule has 0 N–H and O–H groups in total. The van der Waals surface area contributed by atoms with Gasteiger partial charge >= 0.3 is 0 Å². The van der Waals surface area contributed by atoms with E-state index < -0.39 is 0 Å². The van der Waals surface area contributed by atoms with Gasteiger partial charge in [-0.1, -0.05) is 99.5 Å². The van der Waals surface area contributed by atoms with E-state index >= 15 is 0 Å².